The van der Waals surface area contributed by atoms with E-state index >= 15 is 0 Å². The molecule has 0 bridgehead atoms. The van der Waals surface area contributed by atoms with Crippen molar-refractivity contribution in [1.82, 2.24) is 21.3 Å². The molecule has 6 N–H and O–H groups in total. The van der Waals surface area contributed by atoms with Gasteiger partial charge in [-0.15, -0.1) is 0 Å². The zero-order valence-corrected chi connectivity index (χ0v) is 31.9. The van der Waals surface area contributed by atoms with Gasteiger partial charge in [-0.05, 0) is 60.4 Å². The number of hydrogen-bond donors (Lipinski definition) is 6. The van der Waals surface area contributed by atoms with E-state index < -0.39 is 74.6 Å². The molecule has 0 spiro atoms. The molecule has 0 saturated carbocycles. The summed E-state index contributed by atoms with van der Waals surface area (Å²) >= 11 is 0. The van der Waals surface area contributed by atoms with E-state index in [0.717, 1.165) is 29.7 Å². The summed E-state index contributed by atoms with van der Waals surface area (Å²) in [6, 6.07) is 8.20. The van der Waals surface area contributed by atoms with Crippen LogP contribution in [0.3, 0.4) is 0 Å². The third-order valence-electron chi connectivity index (χ3n) is 8.81. The zero-order valence-electron chi connectivity index (χ0n) is 31.1. The molecular formula is C37H51F5N4O8S. The van der Waals surface area contributed by atoms with Crippen LogP contribution in [0.4, 0.5) is 22.0 Å². The Hall–Kier alpha value is -4.16. The molecule has 0 unspecified atom stereocenters. The number of carbonyl (C=O) groups is 4. The summed E-state index contributed by atoms with van der Waals surface area (Å²) in [7, 11) is -3.87. The van der Waals surface area contributed by atoms with Gasteiger partial charge in [0, 0.05) is 38.5 Å². The fourth-order valence-corrected chi connectivity index (χ4v) is 8.20. The number of aryl methyl sites for hydroxylation is 1. The Kier molecular flexibility index (Phi) is 19.1. The average Bonchev–Trinajstić information content (AvgIpc) is 3.50. The zero-order chi connectivity index (χ0) is 41.3. The topological polar surface area (TPSA) is 191 Å². The molecule has 0 radical (unpaired) electrons. The van der Waals surface area contributed by atoms with Crippen molar-refractivity contribution in [2.75, 3.05) is 18.8 Å². The van der Waals surface area contributed by atoms with Crippen molar-refractivity contribution in [3.05, 3.63) is 70.8 Å². The average molecular weight is 807 g/mol. The molecule has 18 heteroatoms. The van der Waals surface area contributed by atoms with Gasteiger partial charge in [0.05, 0.1) is 23.1 Å². The molecule has 4 atom stereocenters. The highest BCUT2D eigenvalue weighted by atomic mass is 32.2. The van der Waals surface area contributed by atoms with Crippen LogP contribution >= 0.6 is 0 Å². The van der Waals surface area contributed by atoms with Gasteiger partial charge < -0.3 is 31.5 Å². The number of sulfone groups is 1. The fraction of sp³-hybridized carbons (Fsp3) is 0.568. The summed E-state index contributed by atoms with van der Waals surface area (Å²) in [6.07, 6.45) is -3.58. The normalized spacial score (nSPS) is 16.0. The monoisotopic (exact) mass is 806 g/mol. The SMILES string of the molecule is CCCC(CCC)S(=O)(=O)C[C@H](NC(=O)C[C@@H]1CNC(=O)C1)C(=O)N[C@@H](Cc1cc(F)cc(F)c1)[C@H](O)CNCc1cccc(CC)c1.O=C(O)C(F)(F)F. The van der Waals surface area contributed by atoms with Gasteiger partial charge in [0.15, 0.2) is 9.84 Å². The minimum Gasteiger partial charge on any atom is -0.475 e. The Morgan fingerprint density at radius 1 is 0.945 bits per heavy atom. The molecule has 0 aliphatic carbocycles. The molecule has 12 nitrogen and oxygen atoms in total. The molecule has 1 saturated heterocycles. The molecule has 55 heavy (non-hydrogen) atoms. The number of benzene rings is 2. The Labute approximate surface area is 317 Å². The van der Waals surface area contributed by atoms with Crippen molar-refractivity contribution < 1.29 is 59.8 Å². The number of aliphatic hydroxyl groups excluding tert-OH is 1. The van der Waals surface area contributed by atoms with Gasteiger partial charge in [-0.2, -0.15) is 13.2 Å². The number of amides is 3. The van der Waals surface area contributed by atoms with Gasteiger partial charge in [0.2, 0.25) is 17.7 Å². The van der Waals surface area contributed by atoms with E-state index in [1.807, 2.05) is 45.0 Å². The van der Waals surface area contributed by atoms with Gasteiger partial charge in [0.25, 0.3) is 0 Å². The van der Waals surface area contributed by atoms with Crippen LogP contribution in [0.1, 0.15) is 76.0 Å². The molecule has 2 aromatic carbocycles. The van der Waals surface area contributed by atoms with E-state index in [4.69, 9.17) is 9.90 Å². The molecular weight excluding hydrogens is 755 g/mol. The molecule has 3 amide bonds. The van der Waals surface area contributed by atoms with Gasteiger partial charge in [-0.1, -0.05) is 57.9 Å². The molecule has 0 aromatic heterocycles. The van der Waals surface area contributed by atoms with Crippen molar-refractivity contribution in [1.29, 1.82) is 0 Å². The van der Waals surface area contributed by atoms with Crippen molar-refractivity contribution in [3.8, 4) is 0 Å². The third-order valence-corrected chi connectivity index (χ3v) is 11.1. The van der Waals surface area contributed by atoms with Crippen LogP contribution in [-0.2, 0) is 48.4 Å². The summed E-state index contributed by atoms with van der Waals surface area (Å²) in [5.41, 5.74) is 2.30. The Morgan fingerprint density at radius 2 is 1.55 bits per heavy atom. The number of carbonyl (C=O) groups excluding carboxylic acids is 3. The Balaban J connectivity index is 0.00000136. The second-order valence-corrected chi connectivity index (χ2v) is 15.8. The maximum atomic E-state index is 14.1. The molecule has 1 fully saturated rings. The van der Waals surface area contributed by atoms with Crippen molar-refractivity contribution >= 4 is 33.5 Å². The number of rotatable bonds is 20. The highest BCUT2D eigenvalue weighted by Crippen LogP contribution is 2.19. The predicted molar refractivity (Wildman–Crippen MR) is 194 cm³/mol. The van der Waals surface area contributed by atoms with E-state index in [-0.39, 0.29) is 43.2 Å². The summed E-state index contributed by atoms with van der Waals surface area (Å²) < 4.78 is 87.1. The van der Waals surface area contributed by atoms with E-state index in [1.54, 1.807) is 0 Å². The lowest BCUT2D eigenvalue weighted by atomic mass is 10.00. The van der Waals surface area contributed by atoms with E-state index in [9.17, 15) is 49.9 Å². The van der Waals surface area contributed by atoms with Crippen LogP contribution in [0.25, 0.3) is 0 Å². The molecule has 308 valence electrons. The third kappa shape index (κ3) is 17.0. The predicted octanol–water partition coefficient (Wildman–Crippen LogP) is 3.73. The minimum atomic E-state index is -5.08. The summed E-state index contributed by atoms with van der Waals surface area (Å²) in [5.74, 6) is -7.00. The lowest BCUT2D eigenvalue weighted by Crippen LogP contribution is -2.57. The number of nitrogens with one attached hydrogen (secondary N) is 4. The summed E-state index contributed by atoms with van der Waals surface area (Å²) in [4.78, 5) is 47.5. The Morgan fingerprint density at radius 3 is 2.07 bits per heavy atom. The van der Waals surface area contributed by atoms with Gasteiger partial charge >= 0.3 is 12.1 Å². The van der Waals surface area contributed by atoms with Crippen LogP contribution in [0, 0.1) is 17.6 Å². The number of aliphatic hydroxyl groups is 1. The van der Waals surface area contributed by atoms with Gasteiger partial charge in [-0.25, -0.2) is 22.0 Å². The number of alkyl halides is 3. The van der Waals surface area contributed by atoms with Gasteiger partial charge in [0.1, 0.15) is 17.7 Å². The number of hydrogen-bond acceptors (Lipinski definition) is 8. The van der Waals surface area contributed by atoms with Gasteiger partial charge in [-0.3, -0.25) is 14.4 Å². The quantitative estimate of drug-likeness (QED) is 0.108. The van der Waals surface area contributed by atoms with E-state index in [0.29, 0.717) is 44.8 Å². The number of carboxylic acid groups (broad SMARTS) is 1. The summed E-state index contributed by atoms with van der Waals surface area (Å²) in [6.45, 7) is 6.48. The first kappa shape index (κ1) is 47.0. The first-order valence-corrected chi connectivity index (χ1v) is 19.8. The van der Waals surface area contributed by atoms with Crippen molar-refractivity contribution in [3.63, 3.8) is 0 Å². The smallest absolute Gasteiger partial charge is 0.475 e. The van der Waals surface area contributed by atoms with Crippen molar-refractivity contribution in [2.45, 2.75) is 108 Å². The van der Waals surface area contributed by atoms with Crippen LogP contribution in [0.15, 0.2) is 42.5 Å². The summed E-state index contributed by atoms with van der Waals surface area (Å²) in [5, 5.41) is 28.7. The first-order valence-electron chi connectivity index (χ1n) is 18.1. The van der Waals surface area contributed by atoms with Crippen LogP contribution < -0.4 is 21.3 Å². The maximum absolute atomic E-state index is 14.1. The van der Waals surface area contributed by atoms with E-state index in [1.165, 1.54) is 0 Å². The lowest BCUT2D eigenvalue weighted by Gasteiger charge is -2.28. The molecule has 1 aliphatic heterocycles. The molecule has 1 aliphatic rings. The molecule has 3 rings (SSSR count). The molecule has 2 aromatic rings. The minimum absolute atomic E-state index is 0.00773. The number of aliphatic carboxylic acids is 1. The van der Waals surface area contributed by atoms with Crippen LogP contribution in [0.2, 0.25) is 0 Å². The largest absolute Gasteiger partial charge is 0.490 e. The lowest BCUT2D eigenvalue weighted by molar-refractivity contribution is -0.192. The highest BCUT2D eigenvalue weighted by molar-refractivity contribution is 7.92. The maximum Gasteiger partial charge on any atom is 0.490 e. The molecule has 1 heterocycles. The standard InChI is InChI=1S/C35H50F2N4O6S.C2HF3O2/c1-4-8-29(9-5-2)48(46,47)22-31(40-34(44)17-26-16-33(43)39-20-26)35(45)41-30(15-25-13-27(36)18-28(37)14-25)32(42)21-38-19-24-11-7-10-23(6-3)12-24;3-2(4,5)1(6)7/h7,10-14,18,26,29-32,38,42H,4-6,8-9,15-17,19-22H2,1-3H3,(H,39,43)(H,40,44)(H,41,45);(H,6,7)/t26-,30+,31+,32-;/m1./s1. The van der Waals surface area contributed by atoms with Crippen LogP contribution in [-0.4, -0.2) is 90.8 Å². The number of halogens is 5. The highest BCUT2D eigenvalue weighted by Gasteiger charge is 2.38. The van der Waals surface area contributed by atoms with E-state index in [2.05, 4.69) is 21.3 Å². The first-order chi connectivity index (χ1) is 25.8. The number of carboxylic acids is 1. The second kappa shape index (κ2) is 22.4. The van der Waals surface area contributed by atoms with Crippen LogP contribution in [0.5, 0.6) is 0 Å². The Bertz CT molecular complexity index is 1670. The van der Waals surface area contributed by atoms with Crippen molar-refractivity contribution in [2.24, 2.45) is 5.92 Å². The fourth-order valence-electron chi connectivity index (χ4n) is 6.04. The second-order valence-electron chi connectivity index (χ2n) is 13.5.